The summed E-state index contributed by atoms with van der Waals surface area (Å²) in [5.74, 6) is 0.334. The number of Topliss-reactive ketones (excluding diaryl/α,β-unsaturated/α-hetero) is 4. The molecule has 2 aromatic carbocycles. The van der Waals surface area contributed by atoms with Crippen molar-refractivity contribution in [2.45, 2.75) is 60.0 Å². The third-order valence-corrected chi connectivity index (χ3v) is 61.3. The molecule has 10 fully saturated rings. The Hall–Kier alpha value is -2.36. The molecule has 33 heavy (non-hydrogen) atoms. The molecule has 0 aromatic heterocycles. The van der Waals surface area contributed by atoms with Crippen molar-refractivity contribution >= 4 is 23.1 Å². The Kier molecular flexibility index (Phi) is 0.969. The second kappa shape index (κ2) is 2.06. The Balaban J connectivity index is 0.992. The van der Waals surface area contributed by atoms with Crippen molar-refractivity contribution in [1.82, 2.24) is 0 Å². The number of ketones is 4. The van der Waals surface area contributed by atoms with Crippen molar-refractivity contribution in [3.63, 3.8) is 0 Å². The molecule has 0 radical (unpaired) electrons. The van der Waals surface area contributed by atoms with Crippen LogP contribution in [0.25, 0.3) is 0 Å². The second-order valence-electron chi connectivity index (χ2n) is 14.6. The van der Waals surface area contributed by atoms with E-state index in [1.54, 1.807) is 24.3 Å². The molecule has 2 aromatic rings. The summed E-state index contributed by atoms with van der Waals surface area (Å²) in [5.41, 5.74) is 1.24. The van der Waals surface area contributed by atoms with E-state index in [9.17, 15) is 19.2 Å². The molecule has 10 heterocycles. The number of benzene rings is 2. The average Bonchev–Trinajstić information content (AvgIpc) is 3.78. The Morgan fingerprint density at radius 2 is 0.909 bits per heavy atom. The van der Waals surface area contributed by atoms with Crippen LogP contribution in [0.15, 0.2) is 60.7 Å². The molecular formula is C28H22FeO4. The van der Waals surface area contributed by atoms with Gasteiger partial charge in [0.2, 0.25) is 0 Å². The van der Waals surface area contributed by atoms with Gasteiger partial charge < -0.3 is 0 Å². The molecule has 0 N–H and O–H groups in total. The zero-order valence-electron chi connectivity index (χ0n) is 17.8. The molecule has 10 aliphatic heterocycles. The normalized spacial score (nSPS) is 68.7. The Bertz CT molecular complexity index is 1750. The van der Waals surface area contributed by atoms with Crippen LogP contribution in [-0.2, 0) is 16.1 Å². The molecule has 0 amide bonds. The van der Waals surface area contributed by atoms with Crippen LogP contribution < -0.4 is 0 Å². The Labute approximate surface area is 180 Å². The van der Waals surface area contributed by atoms with E-state index in [1.807, 2.05) is 36.4 Å². The van der Waals surface area contributed by atoms with Crippen molar-refractivity contribution in [2.75, 3.05) is 0 Å². The van der Waals surface area contributed by atoms with Gasteiger partial charge >= 0.3 is 181 Å². The van der Waals surface area contributed by atoms with Crippen LogP contribution >= 0.6 is 0 Å². The van der Waals surface area contributed by atoms with E-state index in [4.69, 9.17) is 0 Å². The predicted molar refractivity (Wildman–Crippen MR) is 116 cm³/mol. The number of carbonyl (C=O) groups excluding carboxylic acids is 4. The minimum absolute atomic E-state index is 0.0220. The van der Waals surface area contributed by atoms with Gasteiger partial charge in [0.05, 0.1) is 0 Å². The second-order valence-corrected chi connectivity index (χ2v) is 37.8. The number of hydrogen-bond acceptors (Lipinski definition) is 4. The van der Waals surface area contributed by atoms with Crippen LogP contribution in [0.5, 0.6) is 0 Å². The number of carbonyl (C=O) groups is 4. The van der Waals surface area contributed by atoms with Gasteiger partial charge in [-0.1, -0.05) is 0 Å². The molecule has 10 saturated heterocycles. The topological polar surface area (TPSA) is 68.3 Å². The molecule has 8 unspecified atom stereocenters. The van der Waals surface area contributed by atoms with Crippen molar-refractivity contribution in [3.8, 4) is 0 Å². The van der Waals surface area contributed by atoms with Gasteiger partial charge in [0.15, 0.2) is 0 Å². The van der Waals surface area contributed by atoms with Crippen LogP contribution in [-0.4, -0.2) is 23.1 Å². The Morgan fingerprint density at radius 1 is 0.576 bits per heavy atom. The Morgan fingerprint density at radius 3 is 1.21 bits per heavy atom. The first kappa shape index (κ1) is 15.5. The zero-order valence-corrected chi connectivity index (χ0v) is 18.9. The molecule has 8 atom stereocenters. The molecule has 4 nitrogen and oxygen atoms in total. The van der Waals surface area contributed by atoms with Gasteiger partial charge in [-0.05, 0) is 0 Å². The van der Waals surface area contributed by atoms with Gasteiger partial charge in [-0.3, -0.25) is 0 Å². The maximum absolute atomic E-state index is 14.0. The molecule has 0 bridgehead atoms. The van der Waals surface area contributed by atoms with E-state index in [-0.39, 0.29) is 44.6 Å². The van der Waals surface area contributed by atoms with E-state index in [0.717, 1.165) is 19.3 Å². The third-order valence-electron chi connectivity index (χ3n) is 18.5. The summed E-state index contributed by atoms with van der Waals surface area (Å²) in [6.07, 6.45) is 0.0439. The van der Waals surface area contributed by atoms with Crippen LogP contribution in [0.2, 0.25) is 47.2 Å². The molecular weight excluding hydrogens is 456 g/mol. The van der Waals surface area contributed by atoms with Gasteiger partial charge in [-0.15, -0.1) is 0 Å². The van der Waals surface area contributed by atoms with Crippen LogP contribution in [0, 0.1) is 0 Å². The van der Waals surface area contributed by atoms with Gasteiger partial charge in [-0.2, -0.15) is 0 Å². The third kappa shape index (κ3) is 0.316. The first-order valence-corrected chi connectivity index (χ1v) is 18.4. The van der Waals surface area contributed by atoms with Crippen LogP contribution in [0.3, 0.4) is 0 Å². The summed E-state index contributed by atoms with van der Waals surface area (Å²) in [6, 6.07) is 18.4. The number of rotatable bonds is 8. The molecule has 5 heteroatoms. The molecule has 10 aliphatic rings. The summed E-state index contributed by atoms with van der Waals surface area (Å²) in [4.78, 5) is 59.2. The molecule has 166 valence electrons. The van der Waals surface area contributed by atoms with Crippen molar-refractivity contribution < 1.29 is 25.7 Å². The minimum atomic E-state index is -4.38. The fourth-order valence-corrected chi connectivity index (χ4v) is 96.1. The van der Waals surface area contributed by atoms with Crippen molar-refractivity contribution in [1.29, 1.82) is 0 Å². The monoisotopic (exact) mass is 478 g/mol. The SMILES string of the molecule is O=C(CC(=O)[C]12[CH]3[CH]4[CH]5[CH]1[Fe]45321678[CH]2[CH]1[CH]6[C]7(C(=O)CC(=O)c1ccccc1)[CH]28)c1ccccc1. The maximum atomic E-state index is 14.0. The summed E-state index contributed by atoms with van der Waals surface area (Å²) < 4.78 is -0.380. The summed E-state index contributed by atoms with van der Waals surface area (Å²) in [7, 11) is 0. The number of fused-ring (bicyclic) bond motifs is 10. The molecule has 1 spiro atoms. The number of hydrogen-bond donors (Lipinski definition) is 0. The summed E-state index contributed by atoms with van der Waals surface area (Å²) in [5, 5.41) is 0. The molecule has 0 aliphatic carbocycles. The molecule has 12 rings (SSSR count). The first-order chi connectivity index (χ1) is 15.8. The van der Waals surface area contributed by atoms with Crippen LogP contribution in [0.1, 0.15) is 33.6 Å². The predicted octanol–water partition coefficient (Wildman–Crippen LogP) is 5.80. The van der Waals surface area contributed by atoms with Gasteiger partial charge in [-0.25, -0.2) is 0 Å². The van der Waals surface area contributed by atoms with E-state index < -0.39 is 6.51 Å². The summed E-state index contributed by atoms with van der Waals surface area (Å²) >= 11 is 0. The fraction of sp³-hybridized carbons (Fsp3) is 0.429. The van der Waals surface area contributed by atoms with E-state index >= 15 is 0 Å². The standard InChI is InChI=1S/2C14H11O2.Fe/c2*15-13(11-6-2-1-3-7-11)10-14(16)12-8-4-5-9-12;/h2*1-9H,10H2;. The van der Waals surface area contributed by atoms with E-state index in [2.05, 4.69) is 0 Å². The fourth-order valence-electron chi connectivity index (χ4n) is 20.1. The molecule has 0 saturated carbocycles. The van der Waals surface area contributed by atoms with E-state index in [0.29, 0.717) is 30.4 Å². The van der Waals surface area contributed by atoms with E-state index in [1.165, 1.54) is 0 Å². The van der Waals surface area contributed by atoms with Gasteiger partial charge in [0.1, 0.15) is 0 Å². The quantitative estimate of drug-likeness (QED) is 0.273. The first-order valence-electron chi connectivity index (χ1n) is 12.2. The van der Waals surface area contributed by atoms with Gasteiger partial charge in [0, 0.05) is 0 Å². The van der Waals surface area contributed by atoms with Crippen LogP contribution in [0.4, 0.5) is 0 Å². The summed E-state index contributed by atoms with van der Waals surface area (Å²) in [6.45, 7) is -4.38. The zero-order chi connectivity index (χ0) is 21.9. The van der Waals surface area contributed by atoms with Crippen molar-refractivity contribution in [3.05, 3.63) is 71.8 Å². The van der Waals surface area contributed by atoms with Gasteiger partial charge in [0.25, 0.3) is 0 Å². The average molecular weight is 478 g/mol. The van der Waals surface area contributed by atoms with Crippen molar-refractivity contribution in [2.24, 2.45) is 0 Å².